The van der Waals surface area contributed by atoms with E-state index in [0.717, 1.165) is 12.2 Å². The summed E-state index contributed by atoms with van der Waals surface area (Å²) in [7, 11) is 0. The third-order valence-corrected chi connectivity index (χ3v) is 3.67. The topological polar surface area (TPSA) is 38.3 Å². The third-order valence-electron chi connectivity index (χ3n) is 2.93. The highest BCUT2D eigenvalue weighted by Gasteiger charge is 2.02. The Morgan fingerprint density at radius 1 is 1.25 bits per heavy atom. The zero-order valence-corrected chi connectivity index (χ0v) is 12.4. The fourth-order valence-electron chi connectivity index (χ4n) is 1.77. The first-order valence-corrected chi connectivity index (χ1v) is 7.65. The Morgan fingerprint density at radius 3 is 2.75 bits per heavy atom. The lowest BCUT2D eigenvalue weighted by Gasteiger charge is -2.07. The van der Waals surface area contributed by atoms with Crippen LogP contribution in [0.4, 0.5) is 0 Å². The van der Waals surface area contributed by atoms with Crippen molar-refractivity contribution in [1.82, 2.24) is 5.32 Å². The molecule has 1 aromatic heterocycles. The van der Waals surface area contributed by atoms with Gasteiger partial charge in [0.25, 0.3) is 0 Å². The number of hydrogen-bond donors (Lipinski definition) is 1. The molecule has 0 aliphatic heterocycles. The van der Waals surface area contributed by atoms with E-state index in [1.165, 1.54) is 11.1 Å². The monoisotopic (exact) mass is 289 g/mol. The molecule has 1 N–H and O–H groups in total. The molecule has 3 nitrogen and oxygen atoms in total. The summed E-state index contributed by atoms with van der Waals surface area (Å²) in [6.07, 6.45) is 1.33. The molecule has 106 valence electrons. The van der Waals surface area contributed by atoms with Gasteiger partial charge < -0.3 is 10.1 Å². The summed E-state index contributed by atoms with van der Waals surface area (Å²) in [6, 6.07) is 9.95. The van der Waals surface area contributed by atoms with Crippen LogP contribution in [0.15, 0.2) is 41.1 Å². The number of benzene rings is 1. The molecule has 0 spiro atoms. The quantitative estimate of drug-likeness (QED) is 0.795. The van der Waals surface area contributed by atoms with Crippen molar-refractivity contribution in [2.75, 3.05) is 13.2 Å². The average Bonchev–Trinajstić information content (AvgIpc) is 2.96. The fourth-order valence-corrected chi connectivity index (χ4v) is 2.48. The highest BCUT2D eigenvalue weighted by Crippen LogP contribution is 2.11. The van der Waals surface area contributed by atoms with E-state index in [4.69, 9.17) is 4.74 Å². The van der Waals surface area contributed by atoms with Crippen LogP contribution in [-0.4, -0.2) is 19.1 Å². The van der Waals surface area contributed by atoms with Crippen molar-refractivity contribution in [2.45, 2.75) is 19.8 Å². The maximum absolute atomic E-state index is 11.6. The Bertz CT molecular complexity index is 520. The summed E-state index contributed by atoms with van der Waals surface area (Å²) >= 11 is 1.66. The summed E-state index contributed by atoms with van der Waals surface area (Å²) in [5.74, 6) is 0.909. The molecule has 20 heavy (non-hydrogen) atoms. The summed E-state index contributed by atoms with van der Waals surface area (Å²) < 4.78 is 5.55. The molecule has 1 amide bonds. The van der Waals surface area contributed by atoms with Gasteiger partial charge in [0.15, 0.2) is 0 Å². The maximum atomic E-state index is 11.6. The van der Waals surface area contributed by atoms with Crippen LogP contribution in [0.2, 0.25) is 0 Å². The van der Waals surface area contributed by atoms with Gasteiger partial charge in [0.1, 0.15) is 12.4 Å². The standard InChI is InChI=1S/C16H19NO2S/c1-13-2-5-15(6-3-13)19-10-9-17-16(18)7-4-14-8-11-20-12-14/h2-3,5-6,8,11-12H,4,7,9-10H2,1H3,(H,17,18). The minimum absolute atomic E-state index is 0.0729. The number of nitrogens with one attached hydrogen (secondary N) is 1. The highest BCUT2D eigenvalue weighted by molar-refractivity contribution is 7.07. The van der Waals surface area contributed by atoms with Crippen LogP contribution in [0.3, 0.4) is 0 Å². The normalized spacial score (nSPS) is 10.2. The van der Waals surface area contributed by atoms with Crippen LogP contribution in [0.5, 0.6) is 5.75 Å². The Morgan fingerprint density at radius 2 is 2.05 bits per heavy atom. The smallest absolute Gasteiger partial charge is 0.220 e. The lowest BCUT2D eigenvalue weighted by molar-refractivity contribution is -0.121. The van der Waals surface area contributed by atoms with E-state index in [1.807, 2.05) is 36.6 Å². The van der Waals surface area contributed by atoms with E-state index in [1.54, 1.807) is 11.3 Å². The predicted molar refractivity (Wildman–Crippen MR) is 82.3 cm³/mol. The van der Waals surface area contributed by atoms with Gasteiger partial charge in [0.2, 0.25) is 5.91 Å². The Labute approximate surface area is 123 Å². The van der Waals surface area contributed by atoms with Crippen LogP contribution in [-0.2, 0) is 11.2 Å². The summed E-state index contributed by atoms with van der Waals surface area (Å²) in [5, 5.41) is 6.97. The molecule has 1 heterocycles. The molecule has 2 rings (SSSR count). The minimum Gasteiger partial charge on any atom is -0.492 e. The lowest BCUT2D eigenvalue weighted by Crippen LogP contribution is -2.28. The second-order valence-corrected chi connectivity index (χ2v) is 5.42. The van der Waals surface area contributed by atoms with Crippen molar-refractivity contribution in [3.63, 3.8) is 0 Å². The van der Waals surface area contributed by atoms with E-state index in [-0.39, 0.29) is 5.91 Å². The Kier molecular flexibility index (Phi) is 5.62. The summed E-state index contributed by atoms with van der Waals surface area (Å²) in [4.78, 5) is 11.6. The van der Waals surface area contributed by atoms with Crippen molar-refractivity contribution >= 4 is 17.2 Å². The Hall–Kier alpha value is -1.81. The SMILES string of the molecule is Cc1ccc(OCCNC(=O)CCc2ccsc2)cc1. The first kappa shape index (κ1) is 14.6. The molecule has 0 aliphatic rings. The van der Waals surface area contributed by atoms with Gasteiger partial charge in [-0.3, -0.25) is 4.79 Å². The van der Waals surface area contributed by atoms with E-state index in [9.17, 15) is 4.79 Å². The number of amides is 1. The van der Waals surface area contributed by atoms with Crippen LogP contribution >= 0.6 is 11.3 Å². The molecule has 2 aromatic rings. The zero-order valence-electron chi connectivity index (χ0n) is 11.6. The number of rotatable bonds is 7. The van der Waals surface area contributed by atoms with Crippen molar-refractivity contribution < 1.29 is 9.53 Å². The zero-order chi connectivity index (χ0) is 14.2. The molecular weight excluding hydrogens is 270 g/mol. The van der Waals surface area contributed by atoms with Crippen molar-refractivity contribution in [3.05, 3.63) is 52.2 Å². The maximum Gasteiger partial charge on any atom is 0.220 e. The molecule has 4 heteroatoms. The molecule has 0 radical (unpaired) electrons. The van der Waals surface area contributed by atoms with Crippen molar-refractivity contribution in [1.29, 1.82) is 0 Å². The molecule has 0 saturated carbocycles. The number of thiophene rings is 1. The van der Waals surface area contributed by atoms with Gasteiger partial charge in [0.05, 0.1) is 6.54 Å². The van der Waals surface area contributed by atoms with Gasteiger partial charge in [-0.15, -0.1) is 0 Å². The second kappa shape index (κ2) is 7.70. The summed E-state index contributed by atoms with van der Waals surface area (Å²) in [5.41, 5.74) is 2.43. The largest absolute Gasteiger partial charge is 0.492 e. The van der Waals surface area contributed by atoms with E-state index in [2.05, 4.69) is 16.8 Å². The Balaban J connectivity index is 1.58. The van der Waals surface area contributed by atoms with Crippen LogP contribution < -0.4 is 10.1 Å². The molecule has 0 aliphatic carbocycles. The summed E-state index contributed by atoms with van der Waals surface area (Å²) in [6.45, 7) is 3.07. The molecular formula is C16H19NO2S. The van der Waals surface area contributed by atoms with Gasteiger partial charge in [-0.25, -0.2) is 0 Å². The molecule has 0 atom stereocenters. The number of ether oxygens (including phenoxy) is 1. The van der Waals surface area contributed by atoms with Gasteiger partial charge in [0, 0.05) is 6.42 Å². The van der Waals surface area contributed by atoms with Gasteiger partial charge in [-0.1, -0.05) is 17.7 Å². The molecule has 0 fully saturated rings. The van der Waals surface area contributed by atoms with Crippen molar-refractivity contribution in [2.24, 2.45) is 0 Å². The van der Waals surface area contributed by atoms with Crippen LogP contribution in [0.1, 0.15) is 17.5 Å². The van der Waals surface area contributed by atoms with Gasteiger partial charge in [-0.2, -0.15) is 11.3 Å². The van der Waals surface area contributed by atoms with E-state index >= 15 is 0 Å². The second-order valence-electron chi connectivity index (χ2n) is 4.64. The third kappa shape index (κ3) is 5.05. The van der Waals surface area contributed by atoms with Gasteiger partial charge >= 0.3 is 0 Å². The number of carbonyl (C=O) groups excluding carboxylic acids is 1. The van der Waals surface area contributed by atoms with Crippen LogP contribution in [0, 0.1) is 6.92 Å². The average molecular weight is 289 g/mol. The van der Waals surface area contributed by atoms with Gasteiger partial charge in [-0.05, 0) is 47.9 Å². The van der Waals surface area contributed by atoms with E-state index in [0.29, 0.717) is 19.6 Å². The number of aryl methyl sites for hydroxylation is 2. The molecule has 1 aromatic carbocycles. The van der Waals surface area contributed by atoms with E-state index < -0.39 is 0 Å². The molecule has 0 saturated heterocycles. The molecule has 0 unspecified atom stereocenters. The highest BCUT2D eigenvalue weighted by atomic mass is 32.1. The first-order chi connectivity index (χ1) is 9.74. The number of carbonyl (C=O) groups is 1. The molecule has 0 bridgehead atoms. The first-order valence-electron chi connectivity index (χ1n) is 6.71. The lowest BCUT2D eigenvalue weighted by atomic mass is 10.2. The van der Waals surface area contributed by atoms with Crippen LogP contribution in [0.25, 0.3) is 0 Å². The fraction of sp³-hybridized carbons (Fsp3) is 0.312. The minimum atomic E-state index is 0.0729. The predicted octanol–water partition coefficient (Wildman–Crippen LogP) is 3.18. The number of hydrogen-bond acceptors (Lipinski definition) is 3. The van der Waals surface area contributed by atoms with Crippen molar-refractivity contribution in [3.8, 4) is 5.75 Å².